The average molecular weight is 256 g/mol. The van der Waals surface area contributed by atoms with Crippen molar-refractivity contribution in [3.63, 3.8) is 0 Å². The van der Waals surface area contributed by atoms with Gasteiger partial charge in [0.25, 0.3) is 0 Å². The summed E-state index contributed by atoms with van der Waals surface area (Å²) in [6, 6.07) is 5.83. The van der Waals surface area contributed by atoms with Crippen LogP contribution in [0.15, 0.2) is 24.5 Å². The van der Waals surface area contributed by atoms with Crippen LogP contribution in [0.4, 0.5) is 11.5 Å². The summed E-state index contributed by atoms with van der Waals surface area (Å²) in [5.74, 6) is 1.02. The maximum Gasteiger partial charge on any atom is 0.139 e. The molecule has 1 aliphatic heterocycles. The van der Waals surface area contributed by atoms with Crippen molar-refractivity contribution in [1.82, 2.24) is 9.97 Å². The Morgan fingerprint density at radius 2 is 2.11 bits per heavy atom. The normalized spacial score (nSPS) is 18.7. The number of nitrogens with two attached hydrogens (primary N) is 1. The lowest BCUT2D eigenvalue weighted by Gasteiger charge is -2.39. The van der Waals surface area contributed by atoms with Gasteiger partial charge in [-0.25, -0.2) is 9.97 Å². The maximum atomic E-state index is 5.90. The van der Waals surface area contributed by atoms with Gasteiger partial charge in [-0.2, -0.15) is 0 Å². The Hall–Kier alpha value is -1.84. The molecule has 2 aromatic rings. The number of hydrogen-bond donors (Lipinski definition) is 1. The van der Waals surface area contributed by atoms with Crippen molar-refractivity contribution < 1.29 is 0 Å². The van der Waals surface area contributed by atoms with Gasteiger partial charge in [-0.05, 0) is 36.5 Å². The Morgan fingerprint density at radius 1 is 1.26 bits per heavy atom. The zero-order valence-electron chi connectivity index (χ0n) is 11.6. The second-order valence-electron chi connectivity index (χ2n) is 6.16. The third-order valence-electron chi connectivity index (χ3n) is 3.84. The number of rotatable bonds is 1. The molecule has 0 unspecified atom stereocenters. The van der Waals surface area contributed by atoms with E-state index in [2.05, 4.69) is 28.7 Å². The molecule has 0 bridgehead atoms. The summed E-state index contributed by atoms with van der Waals surface area (Å²) in [7, 11) is 0. The second-order valence-corrected chi connectivity index (χ2v) is 6.16. The number of benzene rings is 1. The molecule has 0 spiro atoms. The molecular weight excluding hydrogens is 236 g/mol. The highest BCUT2D eigenvalue weighted by molar-refractivity contribution is 5.91. The summed E-state index contributed by atoms with van der Waals surface area (Å²) in [6.07, 6.45) is 4.13. The van der Waals surface area contributed by atoms with Crippen LogP contribution in [-0.4, -0.2) is 23.1 Å². The minimum atomic E-state index is 0.343. The van der Waals surface area contributed by atoms with Crippen LogP contribution in [0, 0.1) is 5.41 Å². The number of nitrogens with zero attached hydrogens (tertiary/aromatic N) is 3. The first kappa shape index (κ1) is 12.2. The predicted molar refractivity (Wildman–Crippen MR) is 79.2 cm³/mol. The molecular formula is C15H20N4. The lowest BCUT2D eigenvalue weighted by molar-refractivity contribution is 0.292. The number of fused-ring (bicyclic) bond motifs is 1. The van der Waals surface area contributed by atoms with E-state index in [1.807, 2.05) is 18.2 Å². The van der Waals surface area contributed by atoms with Crippen molar-refractivity contribution in [1.29, 1.82) is 0 Å². The van der Waals surface area contributed by atoms with E-state index in [9.17, 15) is 0 Å². The van der Waals surface area contributed by atoms with E-state index in [4.69, 9.17) is 5.73 Å². The van der Waals surface area contributed by atoms with E-state index in [1.165, 1.54) is 12.8 Å². The van der Waals surface area contributed by atoms with E-state index in [1.54, 1.807) is 6.33 Å². The lowest BCUT2D eigenvalue weighted by atomic mass is 9.84. The van der Waals surface area contributed by atoms with Crippen molar-refractivity contribution in [2.45, 2.75) is 26.7 Å². The molecule has 0 amide bonds. The second kappa shape index (κ2) is 4.37. The number of nitrogen functional groups attached to an aromatic ring is 1. The van der Waals surface area contributed by atoms with Crippen molar-refractivity contribution in [2.75, 3.05) is 23.7 Å². The number of anilines is 2. The molecule has 0 radical (unpaired) electrons. The van der Waals surface area contributed by atoms with Gasteiger partial charge >= 0.3 is 0 Å². The molecule has 2 heterocycles. The molecule has 1 aromatic carbocycles. The lowest BCUT2D eigenvalue weighted by Crippen LogP contribution is -2.40. The van der Waals surface area contributed by atoms with Crippen LogP contribution in [0.2, 0.25) is 0 Å². The van der Waals surface area contributed by atoms with Crippen molar-refractivity contribution in [3.8, 4) is 0 Å². The predicted octanol–water partition coefficient (Wildman–Crippen LogP) is 2.84. The van der Waals surface area contributed by atoms with E-state index >= 15 is 0 Å². The van der Waals surface area contributed by atoms with Gasteiger partial charge < -0.3 is 10.6 Å². The molecule has 4 heteroatoms. The number of aromatic nitrogens is 2. The van der Waals surface area contributed by atoms with Crippen LogP contribution < -0.4 is 10.6 Å². The molecule has 100 valence electrons. The van der Waals surface area contributed by atoms with Crippen LogP contribution in [-0.2, 0) is 0 Å². The molecule has 4 nitrogen and oxygen atoms in total. The third kappa shape index (κ3) is 2.35. The van der Waals surface area contributed by atoms with Gasteiger partial charge in [0.1, 0.15) is 12.1 Å². The highest BCUT2D eigenvalue weighted by Crippen LogP contribution is 2.33. The zero-order chi connectivity index (χ0) is 13.5. The van der Waals surface area contributed by atoms with Gasteiger partial charge in [0.05, 0.1) is 5.52 Å². The molecule has 2 N–H and O–H groups in total. The highest BCUT2D eigenvalue weighted by Gasteiger charge is 2.27. The zero-order valence-corrected chi connectivity index (χ0v) is 11.6. The molecule has 0 saturated carbocycles. The highest BCUT2D eigenvalue weighted by atomic mass is 15.2. The summed E-state index contributed by atoms with van der Waals surface area (Å²) >= 11 is 0. The molecule has 0 aliphatic carbocycles. The fourth-order valence-electron chi connectivity index (χ4n) is 2.92. The van der Waals surface area contributed by atoms with Gasteiger partial charge in [0, 0.05) is 24.2 Å². The quantitative estimate of drug-likeness (QED) is 0.797. The van der Waals surface area contributed by atoms with Gasteiger partial charge in [0.2, 0.25) is 0 Å². The Labute approximate surface area is 113 Å². The maximum absolute atomic E-state index is 5.90. The summed E-state index contributed by atoms with van der Waals surface area (Å²) in [5.41, 5.74) is 7.97. The fourth-order valence-corrected chi connectivity index (χ4v) is 2.92. The Kier molecular flexibility index (Phi) is 2.81. The smallest absolute Gasteiger partial charge is 0.139 e. The van der Waals surface area contributed by atoms with Crippen molar-refractivity contribution in [2.24, 2.45) is 5.41 Å². The summed E-state index contributed by atoms with van der Waals surface area (Å²) in [5, 5.41) is 1.06. The third-order valence-corrected chi connectivity index (χ3v) is 3.84. The van der Waals surface area contributed by atoms with E-state index in [0.29, 0.717) is 5.41 Å². The van der Waals surface area contributed by atoms with Crippen LogP contribution in [0.25, 0.3) is 10.9 Å². The Morgan fingerprint density at radius 3 is 2.89 bits per heavy atom. The van der Waals surface area contributed by atoms with E-state index in [0.717, 1.165) is 35.5 Å². The number of hydrogen-bond acceptors (Lipinski definition) is 4. The first-order valence-electron chi connectivity index (χ1n) is 6.80. The minimum absolute atomic E-state index is 0.343. The Bertz CT molecular complexity index is 606. The van der Waals surface area contributed by atoms with Crippen molar-refractivity contribution >= 4 is 22.4 Å². The standard InChI is InChI=1S/C15H20N4/c1-15(2)6-3-7-19(9-15)14-12-8-11(16)4-5-13(12)17-10-18-14/h4-5,8,10H,3,6-7,9,16H2,1-2H3. The van der Waals surface area contributed by atoms with E-state index in [-0.39, 0.29) is 0 Å². The van der Waals surface area contributed by atoms with Crippen LogP contribution in [0.1, 0.15) is 26.7 Å². The average Bonchev–Trinajstić information content (AvgIpc) is 2.36. The molecule has 1 aliphatic rings. The topological polar surface area (TPSA) is 55.0 Å². The monoisotopic (exact) mass is 256 g/mol. The van der Waals surface area contributed by atoms with Gasteiger partial charge in [-0.1, -0.05) is 13.8 Å². The first-order chi connectivity index (χ1) is 9.05. The summed E-state index contributed by atoms with van der Waals surface area (Å²) < 4.78 is 0. The van der Waals surface area contributed by atoms with Gasteiger partial charge in [-0.15, -0.1) is 0 Å². The van der Waals surface area contributed by atoms with E-state index < -0.39 is 0 Å². The molecule has 1 fully saturated rings. The Balaban J connectivity index is 2.07. The minimum Gasteiger partial charge on any atom is -0.399 e. The van der Waals surface area contributed by atoms with Gasteiger partial charge in [-0.3, -0.25) is 0 Å². The molecule has 3 rings (SSSR count). The molecule has 1 saturated heterocycles. The van der Waals surface area contributed by atoms with Crippen molar-refractivity contribution in [3.05, 3.63) is 24.5 Å². The molecule has 1 aromatic heterocycles. The van der Waals surface area contributed by atoms with Crippen LogP contribution in [0.3, 0.4) is 0 Å². The first-order valence-corrected chi connectivity index (χ1v) is 6.80. The molecule has 19 heavy (non-hydrogen) atoms. The van der Waals surface area contributed by atoms with Crippen LogP contribution in [0.5, 0.6) is 0 Å². The largest absolute Gasteiger partial charge is 0.399 e. The summed E-state index contributed by atoms with van der Waals surface area (Å²) in [6.45, 7) is 6.73. The SMILES string of the molecule is CC1(C)CCCN(c2ncnc3ccc(N)cc23)C1. The molecule has 0 atom stereocenters. The number of piperidine rings is 1. The summed E-state index contributed by atoms with van der Waals surface area (Å²) in [4.78, 5) is 11.2. The fraction of sp³-hybridized carbons (Fsp3) is 0.467. The van der Waals surface area contributed by atoms with Crippen LogP contribution >= 0.6 is 0 Å². The van der Waals surface area contributed by atoms with Gasteiger partial charge in [0.15, 0.2) is 0 Å².